The fourth-order valence-corrected chi connectivity index (χ4v) is 4.29. The van der Waals surface area contributed by atoms with Gasteiger partial charge in [-0.15, -0.1) is 11.8 Å². The predicted molar refractivity (Wildman–Crippen MR) is 103 cm³/mol. The molecule has 1 unspecified atom stereocenters. The molecule has 0 bridgehead atoms. The van der Waals surface area contributed by atoms with Gasteiger partial charge in [-0.25, -0.2) is 9.37 Å². The maximum atomic E-state index is 13.1. The zero-order valence-corrected chi connectivity index (χ0v) is 15.6. The Balaban J connectivity index is 1.78. The van der Waals surface area contributed by atoms with Crippen molar-refractivity contribution in [3.05, 3.63) is 83.7 Å². The Bertz CT molecular complexity index is 805. The Morgan fingerprint density at radius 1 is 1.16 bits per heavy atom. The van der Waals surface area contributed by atoms with Crippen LogP contribution in [0, 0.1) is 5.82 Å². The molecular weight excluding hydrogens is 355 g/mol. The van der Waals surface area contributed by atoms with Gasteiger partial charge in [0.15, 0.2) is 0 Å². The van der Waals surface area contributed by atoms with E-state index in [4.69, 9.17) is 11.6 Å². The molecule has 0 saturated carbocycles. The molecule has 1 aromatic heterocycles. The van der Waals surface area contributed by atoms with Crippen molar-refractivity contribution in [1.82, 2.24) is 9.55 Å². The predicted octanol–water partition coefficient (Wildman–Crippen LogP) is 5.86. The van der Waals surface area contributed by atoms with Crippen molar-refractivity contribution in [2.24, 2.45) is 0 Å². The molecular formula is C20H20ClFN2S. The molecule has 0 spiro atoms. The molecule has 0 aliphatic rings. The molecule has 5 heteroatoms. The lowest BCUT2D eigenvalue weighted by Gasteiger charge is -2.30. The average Bonchev–Trinajstić information content (AvgIpc) is 3.09. The van der Waals surface area contributed by atoms with Gasteiger partial charge < -0.3 is 4.57 Å². The van der Waals surface area contributed by atoms with Crippen LogP contribution in [0.15, 0.2) is 72.1 Å². The monoisotopic (exact) mass is 374 g/mol. The third-order valence-electron chi connectivity index (χ3n) is 4.13. The van der Waals surface area contributed by atoms with E-state index in [1.165, 1.54) is 12.1 Å². The molecule has 2 nitrogen and oxygen atoms in total. The van der Waals surface area contributed by atoms with Crippen LogP contribution in [0.4, 0.5) is 4.39 Å². The smallest absolute Gasteiger partial charge is 0.123 e. The second kappa shape index (κ2) is 8.07. The van der Waals surface area contributed by atoms with E-state index in [9.17, 15) is 4.39 Å². The number of halogens is 2. The van der Waals surface area contributed by atoms with Crippen molar-refractivity contribution < 1.29 is 4.39 Å². The lowest BCUT2D eigenvalue weighted by Crippen LogP contribution is -2.27. The zero-order chi connectivity index (χ0) is 17.7. The maximum Gasteiger partial charge on any atom is 0.123 e. The van der Waals surface area contributed by atoms with Crippen LogP contribution in [0.25, 0.3) is 0 Å². The van der Waals surface area contributed by atoms with Gasteiger partial charge in [-0.05, 0) is 49.6 Å². The van der Waals surface area contributed by atoms with Gasteiger partial charge in [0.2, 0.25) is 0 Å². The molecule has 0 aliphatic heterocycles. The van der Waals surface area contributed by atoms with E-state index >= 15 is 0 Å². The lowest BCUT2D eigenvalue weighted by molar-refractivity contribution is 0.495. The number of rotatable bonds is 7. The van der Waals surface area contributed by atoms with Gasteiger partial charge in [0.05, 0.1) is 11.3 Å². The van der Waals surface area contributed by atoms with Crippen LogP contribution in [0.1, 0.15) is 18.9 Å². The quantitative estimate of drug-likeness (QED) is 0.482. The van der Waals surface area contributed by atoms with Gasteiger partial charge in [0.25, 0.3) is 0 Å². The van der Waals surface area contributed by atoms with Gasteiger partial charge in [-0.2, -0.15) is 0 Å². The van der Waals surface area contributed by atoms with E-state index < -0.39 is 0 Å². The van der Waals surface area contributed by atoms with Gasteiger partial charge >= 0.3 is 0 Å². The van der Waals surface area contributed by atoms with Gasteiger partial charge in [0.1, 0.15) is 5.82 Å². The summed E-state index contributed by atoms with van der Waals surface area (Å²) in [5, 5.41) is 0.770. The third-order valence-corrected chi connectivity index (χ3v) is 5.97. The first kappa shape index (κ1) is 18.0. The van der Waals surface area contributed by atoms with Crippen molar-refractivity contribution in [3.8, 4) is 0 Å². The number of benzene rings is 2. The largest absolute Gasteiger partial charge is 0.336 e. The SMILES string of the molecule is CC(CCc1ccc(F)cc1)(Cn1ccnc1)Sc1ccccc1Cl. The van der Waals surface area contributed by atoms with Crippen molar-refractivity contribution in [2.75, 3.05) is 0 Å². The average molecular weight is 375 g/mol. The first-order chi connectivity index (χ1) is 12.0. The summed E-state index contributed by atoms with van der Waals surface area (Å²) in [4.78, 5) is 5.22. The standard InChI is InChI=1S/C20H20ClFN2S/c1-20(14-24-13-12-23-15-24,25-19-5-3-2-4-18(19)21)11-10-16-6-8-17(22)9-7-16/h2-9,12-13,15H,10-11,14H2,1H3. The van der Waals surface area contributed by atoms with E-state index in [0.717, 1.165) is 34.9 Å². The van der Waals surface area contributed by atoms with Crippen LogP contribution in [-0.2, 0) is 13.0 Å². The van der Waals surface area contributed by atoms with Crippen LogP contribution in [0.3, 0.4) is 0 Å². The highest BCUT2D eigenvalue weighted by atomic mass is 35.5. The number of imidazole rings is 1. The molecule has 0 saturated heterocycles. The summed E-state index contributed by atoms with van der Waals surface area (Å²) >= 11 is 8.15. The number of hydrogen-bond donors (Lipinski definition) is 0. The normalized spacial score (nSPS) is 13.6. The maximum absolute atomic E-state index is 13.1. The Morgan fingerprint density at radius 3 is 2.60 bits per heavy atom. The second-order valence-corrected chi connectivity index (χ2v) is 8.38. The van der Waals surface area contributed by atoms with E-state index in [-0.39, 0.29) is 10.6 Å². The number of hydrogen-bond acceptors (Lipinski definition) is 2. The molecule has 1 heterocycles. The van der Waals surface area contributed by atoms with Crippen LogP contribution in [0.2, 0.25) is 5.02 Å². The van der Waals surface area contributed by atoms with Crippen LogP contribution < -0.4 is 0 Å². The summed E-state index contributed by atoms with van der Waals surface area (Å²) in [5.41, 5.74) is 1.14. The van der Waals surface area contributed by atoms with Crippen molar-refractivity contribution in [3.63, 3.8) is 0 Å². The minimum atomic E-state index is -0.199. The summed E-state index contributed by atoms with van der Waals surface area (Å²) in [6.45, 7) is 3.06. The van der Waals surface area contributed by atoms with E-state index in [1.807, 2.05) is 42.9 Å². The Morgan fingerprint density at radius 2 is 1.92 bits per heavy atom. The summed E-state index contributed by atoms with van der Waals surface area (Å²) in [5.74, 6) is -0.199. The minimum Gasteiger partial charge on any atom is -0.336 e. The molecule has 25 heavy (non-hydrogen) atoms. The van der Waals surface area contributed by atoms with Crippen molar-refractivity contribution >= 4 is 23.4 Å². The highest BCUT2D eigenvalue weighted by Crippen LogP contribution is 2.40. The second-order valence-electron chi connectivity index (χ2n) is 6.34. The molecule has 3 rings (SSSR count). The number of aryl methyl sites for hydroxylation is 1. The lowest BCUT2D eigenvalue weighted by atomic mass is 10.00. The topological polar surface area (TPSA) is 17.8 Å². The summed E-state index contributed by atoms with van der Waals surface area (Å²) in [7, 11) is 0. The molecule has 2 aromatic carbocycles. The highest BCUT2D eigenvalue weighted by Gasteiger charge is 2.27. The fourth-order valence-electron chi connectivity index (χ4n) is 2.78. The number of aromatic nitrogens is 2. The summed E-state index contributed by atoms with van der Waals surface area (Å²) in [6.07, 6.45) is 7.42. The highest BCUT2D eigenvalue weighted by molar-refractivity contribution is 8.00. The molecule has 0 fully saturated rings. The van der Waals surface area contributed by atoms with Crippen LogP contribution in [-0.4, -0.2) is 14.3 Å². The number of thioether (sulfide) groups is 1. The van der Waals surface area contributed by atoms with Gasteiger partial charge in [-0.1, -0.05) is 35.9 Å². The molecule has 0 N–H and O–H groups in total. The molecule has 130 valence electrons. The van der Waals surface area contributed by atoms with Gasteiger partial charge in [0, 0.05) is 28.6 Å². The van der Waals surface area contributed by atoms with E-state index in [0.29, 0.717) is 0 Å². The van der Waals surface area contributed by atoms with Crippen LogP contribution >= 0.6 is 23.4 Å². The van der Waals surface area contributed by atoms with Crippen molar-refractivity contribution in [1.29, 1.82) is 0 Å². The van der Waals surface area contributed by atoms with E-state index in [2.05, 4.69) is 22.5 Å². The molecule has 1 atom stereocenters. The van der Waals surface area contributed by atoms with Crippen LogP contribution in [0.5, 0.6) is 0 Å². The van der Waals surface area contributed by atoms with Crippen molar-refractivity contribution in [2.45, 2.75) is 36.0 Å². The summed E-state index contributed by atoms with van der Waals surface area (Å²) < 4.78 is 15.1. The first-order valence-corrected chi connectivity index (χ1v) is 9.37. The summed E-state index contributed by atoms with van der Waals surface area (Å²) in [6, 6.07) is 14.7. The number of nitrogens with zero attached hydrogens (tertiary/aromatic N) is 2. The van der Waals surface area contributed by atoms with E-state index in [1.54, 1.807) is 18.0 Å². The molecule has 0 amide bonds. The van der Waals surface area contributed by atoms with Gasteiger partial charge in [-0.3, -0.25) is 0 Å². The fraction of sp³-hybridized carbons (Fsp3) is 0.250. The molecule has 0 radical (unpaired) electrons. The first-order valence-electron chi connectivity index (χ1n) is 8.18. The Hall–Kier alpha value is -1.78. The Labute approximate surface area is 157 Å². The minimum absolute atomic E-state index is 0.0694. The zero-order valence-electron chi connectivity index (χ0n) is 14.0. The Kier molecular flexibility index (Phi) is 5.82. The third kappa shape index (κ3) is 5.10. The molecule has 3 aromatic rings. The molecule has 0 aliphatic carbocycles.